The highest BCUT2D eigenvalue weighted by molar-refractivity contribution is 5.92. The second-order valence-corrected chi connectivity index (χ2v) is 6.58. The van der Waals surface area contributed by atoms with Crippen molar-refractivity contribution >= 4 is 22.5 Å². The van der Waals surface area contributed by atoms with Crippen LogP contribution in [0.4, 0.5) is 5.69 Å². The first-order chi connectivity index (χ1) is 13.6. The molecule has 0 bridgehead atoms. The Morgan fingerprint density at radius 2 is 1.71 bits per heavy atom. The molecule has 0 aliphatic carbocycles. The van der Waals surface area contributed by atoms with E-state index in [1.165, 1.54) is 0 Å². The topological polar surface area (TPSA) is 64.0 Å². The fraction of sp³-hybridized carbons (Fsp3) is 0.0870. The standard InChI is InChI=1S/C23H19N3O2/c1-16-24-21-13-6-5-12-20(21)23(28)26(16)19-11-7-10-18(15-19)25-22(27)14-17-8-3-2-4-9-17/h2-13,15H,14H2,1H3,(H,25,27). The van der Waals surface area contributed by atoms with Crippen LogP contribution in [-0.2, 0) is 11.2 Å². The number of anilines is 1. The first-order valence-corrected chi connectivity index (χ1v) is 9.04. The average molecular weight is 369 g/mol. The van der Waals surface area contributed by atoms with Crippen LogP contribution in [0.5, 0.6) is 0 Å². The number of hydrogen-bond acceptors (Lipinski definition) is 3. The molecule has 0 atom stereocenters. The fourth-order valence-corrected chi connectivity index (χ4v) is 3.26. The van der Waals surface area contributed by atoms with Crippen LogP contribution < -0.4 is 10.9 Å². The third-order valence-corrected chi connectivity index (χ3v) is 4.54. The van der Waals surface area contributed by atoms with Gasteiger partial charge in [-0.15, -0.1) is 0 Å². The molecule has 1 heterocycles. The maximum atomic E-state index is 13.0. The van der Waals surface area contributed by atoms with Crippen molar-refractivity contribution in [1.29, 1.82) is 0 Å². The van der Waals surface area contributed by atoms with Crippen LogP contribution in [0.3, 0.4) is 0 Å². The zero-order valence-electron chi connectivity index (χ0n) is 15.4. The molecule has 5 heteroatoms. The van der Waals surface area contributed by atoms with Crippen LogP contribution in [0, 0.1) is 6.92 Å². The Labute approximate surface area is 162 Å². The number of carbonyl (C=O) groups excluding carboxylic acids is 1. The van der Waals surface area contributed by atoms with E-state index in [-0.39, 0.29) is 11.5 Å². The molecule has 0 saturated heterocycles. The molecule has 138 valence electrons. The van der Waals surface area contributed by atoms with Crippen LogP contribution in [0.1, 0.15) is 11.4 Å². The van der Waals surface area contributed by atoms with Gasteiger partial charge in [-0.1, -0.05) is 48.5 Å². The number of carbonyl (C=O) groups is 1. The second-order valence-electron chi connectivity index (χ2n) is 6.58. The van der Waals surface area contributed by atoms with Gasteiger partial charge in [-0.2, -0.15) is 0 Å². The van der Waals surface area contributed by atoms with E-state index >= 15 is 0 Å². The summed E-state index contributed by atoms with van der Waals surface area (Å²) in [5, 5.41) is 3.46. The summed E-state index contributed by atoms with van der Waals surface area (Å²) in [6.07, 6.45) is 0.293. The van der Waals surface area contributed by atoms with E-state index in [4.69, 9.17) is 0 Å². The number of benzene rings is 3. The molecule has 0 radical (unpaired) electrons. The summed E-state index contributed by atoms with van der Waals surface area (Å²) < 4.78 is 1.56. The number of amides is 1. The van der Waals surface area contributed by atoms with Gasteiger partial charge in [0.2, 0.25) is 5.91 Å². The first kappa shape index (κ1) is 17.7. The summed E-state index contributed by atoms with van der Waals surface area (Å²) in [5.41, 5.74) is 2.79. The van der Waals surface area contributed by atoms with Gasteiger partial charge in [-0.25, -0.2) is 4.98 Å². The predicted octanol–water partition coefficient (Wildman–Crippen LogP) is 3.88. The first-order valence-electron chi connectivity index (χ1n) is 9.04. The van der Waals surface area contributed by atoms with Gasteiger partial charge in [0.25, 0.3) is 5.56 Å². The van der Waals surface area contributed by atoms with E-state index in [9.17, 15) is 9.59 Å². The summed E-state index contributed by atoms with van der Waals surface area (Å²) in [6.45, 7) is 1.80. The third-order valence-electron chi connectivity index (χ3n) is 4.54. The molecule has 5 nitrogen and oxygen atoms in total. The van der Waals surface area contributed by atoms with E-state index in [0.29, 0.717) is 34.5 Å². The molecular formula is C23H19N3O2. The van der Waals surface area contributed by atoms with Crippen molar-refractivity contribution in [1.82, 2.24) is 9.55 Å². The summed E-state index contributed by atoms with van der Waals surface area (Å²) in [4.78, 5) is 29.8. The molecule has 28 heavy (non-hydrogen) atoms. The Morgan fingerprint density at radius 3 is 2.54 bits per heavy atom. The molecule has 1 amide bonds. The van der Waals surface area contributed by atoms with Gasteiger partial charge >= 0.3 is 0 Å². The predicted molar refractivity (Wildman–Crippen MR) is 111 cm³/mol. The number of para-hydroxylation sites is 1. The van der Waals surface area contributed by atoms with Gasteiger partial charge in [-0.3, -0.25) is 14.2 Å². The molecule has 0 aliphatic rings. The molecule has 0 spiro atoms. The Morgan fingerprint density at radius 1 is 0.964 bits per heavy atom. The Bertz CT molecular complexity index is 1210. The van der Waals surface area contributed by atoms with E-state index < -0.39 is 0 Å². The van der Waals surface area contributed by atoms with E-state index in [1.807, 2.05) is 60.7 Å². The van der Waals surface area contributed by atoms with Crippen molar-refractivity contribution in [2.75, 3.05) is 5.32 Å². The van der Waals surface area contributed by atoms with Crippen molar-refractivity contribution in [3.05, 3.63) is 101 Å². The summed E-state index contributed by atoms with van der Waals surface area (Å²) in [6, 6.07) is 24.1. The minimum Gasteiger partial charge on any atom is -0.326 e. The molecular weight excluding hydrogens is 350 g/mol. The monoisotopic (exact) mass is 369 g/mol. The quantitative estimate of drug-likeness (QED) is 0.594. The van der Waals surface area contributed by atoms with Crippen LogP contribution in [0.15, 0.2) is 83.7 Å². The van der Waals surface area contributed by atoms with Gasteiger partial charge in [-0.05, 0) is 42.8 Å². The number of nitrogens with zero attached hydrogens (tertiary/aromatic N) is 2. The van der Waals surface area contributed by atoms with Crippen molar-refractivity contribution in [3.63, 3.8) is 0 Å². The number of aromatic nitrogens is 2. The number of nitrogens with one attached hydrogen (secondary N) is 1. The Kier molecular flexibility index (Phi) is 4.72. The highest BCUT2D eigenvalue weighted by Crippen LogP contribution is 2.17. The molecule has 3 aromatic carbocycles. The largest absolute Gasteiger partial charge is 0.326 e. The number of aryl methyl sites for hydroxylation is 1. The molecule has 0 saturated carbocycles. The lowest BCUT2D eigenvalue weighted by molar-refractivity contribution is -0.115. The van der Waals surface area contributed by atoms with Crippen LogP contribution in [0.2, 0.25) is 0 Å². The van der Waals surface area contributed by atoms with Crippen molar-refractivity contribution in [2.24, 2.45) is 0 Å². The number of rotatable bonds is 4. The van der Waals surface area contributed by atoms with E-state index in [0.717, 1.165) is 5.56 Å². The second kappa shape index (κ2) is 7.48. The molecule has 1 aromatic heterocycles. The van der Waals surface area contributed by atoms with Crippen LogP contribution >= 0.6 is 0 Å². The molecule has 4 aromatic rings. The van der Waals surface area contributed by atoms with Gasteiger partial charge in [0.15, 0.2) is 0 Å². The van der Waals surface area contributed by atoms with E-state index in [2.05, 4.69) is 10.3 Å². The lowest BCUT2D eigenvalue weighted by Crippen LogP contribution is -2.22. The normalized spacial score (nSPS) is 10.8. The van der Waals surface area contributed by atoms with E-state index in [1.54, 1.807) is 29.7 Å². The number of fused-ring (bicyclic) bond motifs is 1. The molecule has 0 fully saturated rings. The van der Waals surface area contributed by atoms with Crippen LogP contribution in [0.25, 0.3) is 16.6 Å². The van der Waals surface area contributed by atoms with Gasteiger partial charge in [0, 0.05) is 5.69 Å². The summed E-state index contributed by atoms with van der Waals surface area (Å²) >= 11 is 0. The highest BCUT2D eigenvalue weighted by Gasteiger charge is 2.11. The minimum atomic E-state index is -0.129. The lowest BCUT2D eigenvalue weighted by atomic mass is 10.1. The van der Waals surface area contributed by atoms with Crippen molar-refractivity contribution < 1.29 is 4.79 Å². The maximum absolute atomic E-state index is 13.0. The summed E-state index contributed by atoms with van der Waals surface area (Å²) in [7, 11) is 0. The van der Waals surface area contributed by atoms with Gasteiger partial charge < -0.3 is 5.32 Å². The lowest BCUT2D eigenvalue weighted by Gasteiger charge is -2.12. The minimum absolute atomic E-state index is 0.107. The highest BCUT2D eigenvalue weighted by atomic mass is 16.1. The SMILES string of the molecule is Cc1nc2ccccc2c(=O)n1-c1cccc(NC(=O)Cc2ccccc2)c1. The Hall–Kier alpha value is -3.73. The molecule has 1 N–H and O–H groups in total. The van der Waals surface area contributed by atoms with Gasteiger partial charge in [0.05, 0.1) is 23.0 Å². The zero-order chi connectivity index (χ0) is 19.5. The van der Waals surface area contributed by atoms with Crippen molar-refractivity contribution in [2.45, 2.75) is 13.3 Å². The fourth-order valence-electron chi connectivity index (χ4n) is 3.26. The maximum Gasteiger partial charge on any atom is 0.265 e. The Balaban J connectivity index is 1.65. The molecule has 0 unspecified atom stereocenters. The zero-order valence-corrected chi connectivity index (χ0v) is 15.4. The molecule has 0 aliphatic heterocycles. The summed E-state index contributed by atoms with van der Waals surface area (Å²) in [5.74, 6) is 0.487. The molecule has 4 rings (SSSR count). The number of hydrogen-bond donors (Lipinski definition) is 1. The smallest absolute Gasteiger partial charge is 0.265 e. The van der Waals surface area contributed by atoms with Crippen molar-refractivity contribution in [3.8, 4) is 5.69 Å². The van der Waals surface area contributed by atoms with Crippen LogP contribution in [-0.4, -0.2) is 15.5 Å². The van der Waals surface area contributed by atoms with Gasteiger partial charge in [0.1, 0.15) is 5.82 Å². The average Bonchev–Trinajstić information content (AvgIpc) is 2.69. The third kappa shape index (κ3) is 3.55.